The SMILES string of the molecule is CCc1nc(SCC(=O)NC2CCCC(C)C2C)n[nH]1. The zero-order chi connectivity index (χ0) is 14.5. The fourth-order valence-electron chi connectivity index (χ4n) is 2.66. The molecule has 1 heterocycles. The van der Waals surface area contributed by atoms with E-state index in [0.29, 0.717) is 28.8 Å². The Labute approximate surface area is 124 Å². The number of carbonyl (C=O) groups excluding carboxylic acids is 1. The van der Waals surface area contributed by atoms with Crippen molar-refractivity contribution in [2.24, 2.45) is 11.8 Å². The normalized spacial score (nSPS) is 26.4. The van der Waals surface area contributed by atoms with E-state index in [2.05, 4.69) is 34.3 Å². The van der Waals surface area contributed by atoms with Crippen molar-refractivity contribution in [1.29, 1.82) is 0 Å². The number of aryl methyl sites for hydroxylation is 1. The molecule has 1 amide bonds. The molecule has 3 atom stereocenters. The molecule has 1 aliphatic carbocycles. The summed E-state index contributed by atoms with van der Waals surface area (Å²) in [6, 6.07) is 0.324. The molecule has 1 aromatic rings. The topological polar surface area (TPSA) is 70.7 Å². The molecule has 2 N–H and O–H groups in total. The Morgan fingerprint density at radius 2 is 2.25 bits per heavy atom. The molecule has 1 saturated carbocycles. The van der Waals surface area contributed by atoms with Crippen LogP contribution in [0, 0.1) is 11.8 Å². The molecule has 0 saturated heterocycles. The van der Waals surface area contributed by atoms with Gasteiger partial charge in [0.15, 0.2) is 0 Å². The number of rotatable bonds is 5. The van der Waals surface area contributed by atoms with Gasteiger partial charge in [0.1, 0.15) is 5.82 Å². The Balaban J connectivity index is 1.77. The Kier molecular flexibility index (Phi) is 5.46. The molecule has 1 aromatic heterocycles. The van der Waals surface area contributed by atoms with E-state index in [1.807, 2.05) is 6.92 Å². The molecule has 0 bridgehead atoms. The number of hydrogen-bond acceptors (Lipinski definition) is 4. The lowest BCUT2D eigenvalue weighted by Crippen LogP contribution is -2.44. The van der Waals surface area contributed by atoms with Gasteiger partial charge < -0.3 is 5.32 Å². The van der Waals surface area contributed by atoms with Crippen LogP contribution < -0.4 is 5.32 Å². The second-order valence-electron chi connectivity index (χ2n) is 5.65. The maximum absolute atomic E-state index is 12.0. The first kappa shape index (κ1) is 15.4. The highest BCUT2D eigenvalue weighted by Crippen LogP contribution is 2.29. The zero-order valence-electron chi connectivity index (χ0n) is 12.5. The molecule has 112 valence electrons. The summed E-state index contributed by atoms with van der Waals surface area (Å²) in [7, 11) is 0. The zero-order valence-corrected chi connectivity index (χ0v) is 13.3. The average Bonchev–Trinajstić information content (AvgIpc) is 2.90. The first-order valence-corrected chi connectivity index (χ1v) is 8.42. The van der Waals surface area contributed by atoms with Gasteiger partial charge in [0.05, 0.1) is 5.75 Å². The summed E-state index contributed by atoms with van der Waals surface area (Å²) in [6.07, 6.45) is 4.42. The standard InChI is InChI=1S/C14H24N4OS/c1-4-12-16-14(18-17-12)20-8-13(19)15-11-7-5-6-9(2)10(11)3/h9-11H,4-8H2,1-3H3,(H,15,19)(H,16,17,18). The summed E-state index contributed by atoms with van der Waals surface area (Å²) in [5.74, 6) is 2.60. The number of hydrogen-bond donors (Lipinski definition) is 2. The van der Waals surface area contributed by atoms with Crippen LogP contribution in [0.4, 0.5) is 0 Å². The smallest absolute Gasteiger partial charge is 0.230 e. The molecule has 20 heavy (non-hydrogen) atoms. The number of aromatic nitrogens is 3. The molecule has 5 nitrogen and oxygen atoms in total. The molecule has 3 unspecified atom stereocenters. The maximum atomic E-state index is 12.0. The second kappa shape index (κ2) is 7.11. The molecular formula is C14H24N4OS. The van der Waals surface area contributed by atoms with E-state index in [1.165, 1.54) is 24.6 Å². The quantitative estimate of drug-likeness (QED) is 0.819. The third-order valence-corrected chi connectivity index (χ3v) is 5.08. The molecule has 0 aliphatic heterocycles. The molecule has 6 heteroatoms. The van der Waals surface area contributed by atoms with E-state index >= 15 is 0 Å². The van der Waals surface area contributed by atoms with Crippen LogP contribution in [0.1, 0.15) is 45.9 Å². The minimum atomic E-state index is 0.0869. The molecule has 0 aromatic carbocycles. The fourth-order valence-corrected chi connectivity index (χ4v) is 3.29. The lowest BCUT2D eigenvalue weighted by molar-refractivity contribution is -0.120. The number of carbonyl (C=O) groups is 1. The average molecular weight is 296 g/mol. The third-order valence-electron chi connectivity index (χ3n) is 4.23. The van der Waals surface area contributed by atoms with Gasteiger partial charge in [-0.15, -0.1) is 5.10 Å². The number of amides is 1. The van der Waals surface area contributed by atoms with Crippen molar-refractivity contribution in [3.05, 3.63) is 5.82 Å². The van der Waals surface area contributed by atoms with Crippen molar-refractivity contribution in [2.75, 3.05) is 5.75 Å². The van der Waals surface area contributed by atoms with E-state index in [-0.39, 0.29) is 5.91 Å². The van der Waals surface area contributed by atoms with E-state index in [9.17, 15) is 4.79 Å². The van der Waals surface area contributed by atoms with Gasteiger partial charge in [0.25, 0.3) is 0 Å². The summed E-state index contributed by atoms with van der Waals surface area (Å²) in [6.45, 7) is 6.54. The second-order valence-corrected chi connectivity index (χ2v) is 6.59. The number of H-pyrrole nitrogens is 1. The van der Waals surface area contributed by atoms with Gasteiger partial charge in [-0.25, -0.2) is 4.98 Å². The molecule has 1 fully saturated rings. The van der Waals surface area contributed by atoms with E-state index in [4.69, 9.17) is 0 Å². The van der Waals surface area contributed by atoms with Gasteiger partial charge in [-0.1, -0.05) is 45.4 Å². The summed E-state index contributed by atoms with van der Waals surface area (Å²) < 4.78 is 0. The number of nitrogens with one attached hydrogen (secondary N) is 2. The van der Waals surface area contributed by atoms with Crippen LogP contribution >= 0.6 is 11.8 Å². The summed E-state index contributed by atoms with van der Waals surface area (Å²) in [5.41, 5.74) is 0. The van der Waals surface area contributed by atoms with Crippen molar-refractivity contribution >= 4 is 17.7 Å². The minimum absolute atomic E-state index is 0.0869. The van der Waals surface area contributed by atoms with Gasteiger partial charge in [0, 0.05) is 12.5 Å². The van der Waals surface area contributed by atoms with Crippen molar-refractivity contribution in [3.8, 4) is 0 Å². The van der Waals surface area contributed by atoms with Crippen LogP contribution in [0.3, 0.4) is 0 Å². The minimum Gasteiger partial charge on any atom is -0.352 e. The fraction of sp³-hybridized carbons (Fsp3) is 0.786. The van der Waals surface area contributed by atoms with E-state index < -0.39 is 0 Å². The predicted octanol–water partition coefficient (Wildman–Crippen LogP) is 2.40. The van der Waals surface area contributed by atoms with Crippen LogP contribution in [-0.4, -0.2) is 32.9 Å². The van der Waals surface area contributed by atoms with Crippen molar-refractivity contribution < 1.29 is 4.79 Å². The van der Waals surface area contributed by atoms with Gasteiger partial charge >= 0.3 is 0 Å². The van der Waals surface area contributed by atoms with Gasteiger partial charge in [-0.3, -0.25) is 9.89 Å². The van der Waals surface area contributed by atoms with Crippen molar-refractivity contribution in [2.45, 2.75) is 57.7 Å². The van der Waals surface area contributed by atoms with Gasteiger partial charge in [-0.2, -0.15) is 0 Å². The van der Waals surface area contributed by atoms with Crippen LogP contribution in [-0.2, 0) is 11.2 Å². The van der Waals surface area contributed by atoms with Gasteiger partial charge in [0.2, 0.25) is 11.1 Å². The maximum Gasteiger partial charge on any atom is 0.230 e. The Bertz CT molecular complexity index is 448. The highest BCUT2D eigenvalue weighted by atomic mass is 32.2. The van der Waals surface area contributed by atoms with Gasteiger partial charge in [-0.05, 0) is 18.3 Å². The first-order valence-electron chi connectivity index (χ1n) is 7.43. The Hall–Kier alpha value is -1.04. The highest BCUT2D eigenvalue weighted by Gasteiger charge is 2.28. The Morgan fingerprint density at radius 1 is 1.45 bits per heavy atom. The molecule has 1 aliphatic rings. The highest BCUT2D eigenvalue weighted by molar-refractivity contribution is 7.99. The van der Waals surface area contributed by atoms with Crippen LogP contribution in [0.5, 0.6) is 0 Å². The van der Waals surface area contributed by atoms with E-state index in [0.717, 1.165) is 18.7 Å². The van der Waals surface area contributed by atoms with Crippen LogP contribution in [0.25, 0.3) is 0 Å². The van der Waals surface area contributed by atoms with Crippen molar-refractivity contribution in [1.82, 2.24) is 20.5 Å². The third kappa shape index (κ3) is 3.98. The predicted molar refractivity (Wildman–Crippen MR) is 80.6 cm³/mol. The largest absolute Gasteiger partial charge is 0.352 e. The summed E-state index contributed by atoms with van der Waals surface area (Å²) >= 11 is 1.39. The molecule has 0 radical (unpaired) electrons. The number of nitrogens with zero attached hydrogens (tertiary/aromatic N) is 2. The first-order chi connectivity index (χ1) is 9.60. The van der Waals surface area contributed by atoms with Crippen molar-refractivity contribution in [3.63, 3.8) is 0 Å². The molecular weight excluding hydrogens is 272 g/mol. The number of aromatic amines is 1. The van der Waals surface area contributed by atoms with Crippen LogP contribution in [0.15, 0.2) is 5.16 Å². The molecule has 2 rings (SSSR count). The van der Waals surface area contributed by atoms with E-state index in [1.54, 1.807) is 0 Å². The lowest BCUT2D eigenvalue weighted by atomic mass is 9.78. The number of thioether (sulfide) groups is 1. The van der Waals surface area contributed by atoms with Crippen LogP contribution in [0.2, 0.25) is 0 Å². The summed E-state index contributed by atoms with van der Waals surface area (Å²) in [5, 5.41) is 10.8. The summed E-state index contributed by atoms with van der Waals surface area (Å²) in [4.78, 5) is 16.3. The molecule has 0 spiro atoms. The lowest BCUT2D eigenvalue weighted by Gasteiger charge is -2.34. The Morgan fingerprint density at radius 3 is 2.95 bits per heavy atom. The monoisotopic (exact) mass is 296 g/mol.